The molecule has 4 rings (SSSR count). The van der Waals surface area contributed by atoms with Crippen molar-refractivity contribution in [3.05, 3.63) is 58.4 Å². The molecule has 2 N–H and O–H groups in total. The van der Waals surface area contributed by atoms with Crippen molar-refractivity contribution in [2.45, 2.75) is 19.1 Å². The standard InChI is InChI=1S/C18H15FN2O5/c19-11-1-2-16(22)12(5-11)14-6-15(21-20-14)13-4-9(18(23)24)3-10-7-25-8-26-17(10)13/h1-5,15,21-22H,6-8H2,(H,23,24)/p-1/t15-/m0/s1. The molecule has 2 heterocycles. The summed E-state index contributed by atoms with van der Waals surface area (Å²) in [6.07, 6.45) is 0.324. The van der Waals surface area contributed by atoms with E-state index in [9.17, 15) is 19.4 Å². The summed E-state index contributed by atoms with van der Waals surface area (Å²) in [6.45, 7) is 0.296. The third kappa shape index (κ3) is 2.84. The number of hydrogen-bond donors (Lipinski definition) is 2. The molecule has 1 atom stereocenters. The van der Waals surface area contributed by atoms with Gasteiger partial charge in [-0.25, -0.2) is 4.39 Å². The molecule has 2 aromatic carbocycles. The van der Waals surface area contributed by atoms with Crippen LogP contribution in [0, 0.1) is 5.82 Å². The molecule has 26 heavy (non-hydrogen) atoms. The van der Waals surface area contributed by atoms with Crippen molar-refractivity contribution in [2.24, 2.45) is 5.10 Å². The number of aromatic hydroxyl groups is 1. The molecule has 0 fully saturated rings. The second-order valence-corrected chi connectivity index (χ2v) is 6.06. The fourth-order valence-electron chi connectivity index (χ4n) is 3.16. The van der Waals surface area contributed by atoms with E-state index < -0.39 is 11.8 Å². The first kappa shape index (κ1) is 16.3. The summed E-state index contributed by atoms with van der Waals surface area (Å²) < 4.78 is 24.3. The predicted molar refractivity (Wildman–Crippen MR) is 86.2 cm³/mol. The Morgan fingerprint density at radius 2 is 2.19 bits per heavy atom. The van der Waals surface area contributed by atoms with Crippen LogP contribution in [-0.4, -0.2) is 23.6 Å². The molecule has 0 radical (unpaired) electrons. The van der Waals surface area contributed by atoms with Crippen LogP contribution in [0.5, 0.6) is 11.5 Å². The lowest BCUT2D eigenvalue weighted by molar-refractivity contribution is -0.255. The summed E-state index contributed by atoms with van der Waals surface area (Å²) in [5.74, 6) is -1.33. The van der Waals surface area contributed by atoms with E-state index in [-0.39, 0.29) is 36.3 Å². The number of nitrogens with zero attached hydrogens (tertiary/aromatic N) is 1. The number of carbonyl (C=O) groups is 1. The number of carboxylic acid groups (broad SMARTS) is 1. The highest BCUT2D eigenvalue weighted by molar-refractivity contribution is 6.04. The molecule has 0 aliphatic carbocycles. The van der Waals surface area contributed by atoms with Gasteiger partial charge in [0.25, 0.3) is 0 Å². The van der Waals surface area contributed by atoms with E-state index in [1.807, 2.05) is 0 Å². The molecule has 8 heteroatoms. The van der Waals surface area contributed by atoms with Crippen LogP contribution in [0.25, 0.3) is 0 Å². The van der Waals surface area contributed by atoms with Crippen LogP contribution in [0.1, 0.15) is 39.5 Å². The number of phenolic OH excluding ortho intramolecular Hbond substituents is 1. The van der Waals surface area contributed by atoms with Gasteiger partial charge in [0, 0.05) is 23.1 Å². The molecule has 0 saturated heterocycles. The van der Waals surface area contributed by atoms with Crippen LogP contribution in [0.3, 0.4) is 0 Å². The summed E-state index contributed by atoms with van der Waals surface area (Å²) in [5.41, 5.74) is 4.87. The molecule has 0 unspecified atom stereocenters. The number of fused-ring (bicyclic) bond motifs is 1. The zero-order chi connectivity index (χ0) is 18.3. The van der Waals surface area contributed by atoms with Crippen molar-refractivity contribution in [3.8, 4) is 11.5 Å². The number of carbonyl (C=O) groups excluding carboxylic acids is 1. The fraction of sp³-hybridized carbons (Fsp3) is 0.222. The van der Waals surface area contributed by atoms with E-state index in [4.69, 9.17) is 9.47 Å². The molecule has 2 aliphatic heterocycles. The SMILES string of the molecule is O=C([O-])c1cc2c(c([C@@H]3CC(c4cc(F)ccc4O)=NN3)c1)OCOC2. The fourth-order valence-corrected chi connectivity index (χ4v) is 3.16. The summed E-state index contributed by atoms with van der Waals surface area (Å²) in [5, 5.41) is 25.4. The number of aromatic carboxylic acids is 1. The Morgan fingerprint density at radius 1 is 1.35 bits per heavy atom. The van der Waals surface area contributed by atoms with Crippen molar-refractivity contribution < 1.29 is 28.9 Å². The number of phenols is 1. The average Bonchev–Trinajstić information content (AvgIpc) is 3.12. The first-order valence-electron chi connectivity index (χ1n) is 7.92. The van der Waals surface area contributed by atoms with E-state index in [1.54, 1.807) is 0 Å². The molecule has 2 aliphatic rings. The van der Waals surface area contributed by atoms with Crippen LogP contribution in [0.2, 0.25) is 0 Å². The maximum Gasteiger partial charge on any atom is 0.189 e. The molecule has 0 aromatic heterocycles. The predicted octanol–water partition coefficient (Wildman–Crippen LogP) is 1.20. The normalized spacial score (nSPS) is 18.5. The Balaban J connectivity index is 1.68. The Kier molecular flexibility index (Phi) is 3.96. The van der Waals surface area contributed by atoms with Gasteiger partial charge in [0.15, 0.2) is 6.79 Å². The quantitative estimate of drug-likeness (QED) is 0.856. The molecule has 0 amide bonds. The van der Waals surface area contributed by atoms with E-state index in [0.29, 0.717) is 29.0 Å². The van der Waals surface area contributed by atoms with Gasteiger partial charge in [-0.1, -0.05) is 0 Å². The Hall–Kier alpha value is -3.13. The highest BCUT2D eigenvalue weighted by atomic mass is 19.1. The second kappa shape index (κ2) is 6.30. The number of rotatable bonds is 3. The topological polar surface area (TPSA) is 103 Å². The van der Waals surface area contributed by atoms with Gasteiger partial charge in [0.1, 0.15) is 17.3 Å². The molecule has 0 saturated carbocycles. The molecular formula is C18H14FN2O5-. The van der Waals surface area contributed by atoms with Gasteiger partial charge in [-0.2, -0.15) is 5.10 Å². The molecule has 0 bridgehead atoms. The van der Waals surface area contributed by atoms with Crippen molar-refractivity contribution in [1.82, 2.24) is 5.43 Å². The third-order valence-corrected chi connectivity index (χ3v) is 4.37. The van der Waals surface area contributed by atoms with E-state index >= 15 is 0 Å². The highest BCUT2D eigenvalue weighted by Crippen LogP contribution is 2.37. The van der Waals surface area contributed by atoms with Crippen molar-refractivity contribution in [1.29, 1.82) is 0 Å². The number of halogens is 1. The maximum absolute atomic E-state index is 13.5. The van der Waals surface area contributed by atoms with Crippen molar-refractivity contribution >= 4 is 11.7 Å². The summed E-state index contributed by atoms with van der Waals surface area (Å²) in [7, 11) is 0. The number of ether oxygens (including phenoxy) is 2. The van der Waals surface area contributed by atoms with Crippen LogP contribution in [0.4, 0.5) is 4.39 Å². The Bertz CT molecular complexity index is 928. The number of hydrazone groups is 1. The molecular weight excluding hydrogens is 343 g/mol. The molecule has 2 aromatic rings. The van der Waals surface area contributed by atoms with Crippen LogP contribution >= 0.6 is 0 Å². The second-order valence-electron chi connectivity index (χ2n) is 6.06. The zero-order valence-electron chi connectivity index (χ0n) is 13.5. The number of hydrogen-bond acceptors (Lipinski definition) is 7. The molecule has 0 spiro atoms. The first-order valence-corrected chi connectivity index (χ1v) is 7.92. The first-order chi connectivity index (χ1) is 12.5. The number of nitrogens with one attached hydrogen (secondary N) is 1. The van der Waals surface area contributed by atoms with E-state index in [1.165, 1.54) is 24.3 Å². The van der Waals surface area contributed by atoms with Gasteiger partial charge in [-0.3, -0.25) is 0 Å². The third-order valence-electron chi connectivity index (χ3n) is 4.37. The minimum absolute atomic E-state index is 0.0108. The largest absolute Gasteiger partial charge is 0.545 e. The minimum atomic E-state index is -1.30. The summed E-state index contributed by atoms with van der Waals surface area (Å²) >= 11 is 0. The number of carboxylic acids is 1. The van der Waals surface area contributed by atoms with Gasteiger partial charge in [0.2, 0.25) is 0 Å². The average molecular weight is 357 g/mol. The van der Waals surface area contributed by atoms with Crippen molar-refractivity contribution in [3.63, 3.8) is 0 Å². The monoisotopic (exact) mass is 357 g/mol. The zero-order valence-corrected chi connectivity index (χ0v) is 13.5. The minimum Gasteiger partial charge on any atom is -0.545 e. The van der Waals surface area contributed by atoms with Crippen LogP contribution in [-0.2, 0) is 11.3 Å². The lowest BCUT2D eigenvalue weighted by Gasteiger charge is -2.24. The Morgan fingerprint density at radius 3 is 3.00 bits per heavy atom. The van der Waals surface area contributed by atoms with Gasteiger partial charge in [0.05, 0.1) is 24.3 Å². The summed E-state index contributed by atoms with van der Waals surface area (Å²) in [6, 6.07) is 6.17. The van der Waals surface area contributed by atoms with E-state index in [2.05, 4.69) is 10.5 Å². The van der Waals surface area contributed by atoms with Gasteiger partial charge < -0.3 is 29.9 Å². The van der Waals surface area contributed by atoms with Gasteiger partial charge in [-0.15, -0.1) is 0 Å². The lowest BCUT2D eigenvalue weighted by Crippen LogP contribution is -2.25. The number of benzene rings is 2. The summed E-state index contributed by atoms with van der Waals surface area (Å²) in [4.78, 5) is 11.3. The Labute approximate surface area is 147 Å². The van der Waals surface area contributed by atoms with Crippen LogP contribution in [0.15, 0.2) is 35.4 Å². The van der Waals surface area contributed by atoms with Crippen LogP contribution < -0.4 is 15.3 Å². The van der Waals surface area contributed by atoms with Gasteiger partial charge >= 0.3 is 0 Å². The maximum atomic E-state index is 13.5. The smallest absolute Gasteiger partial charge is 0.189 e. The van der Waals surface area contributed by atoms with Gasteiger partial charge in [-0.05, 0) is 35.9 Å². The molecule has 134 valence electrons. The molecule has 7 nitrogen and oxygen atoms in total. The van der Waals surface area contributed by atoms with Crippen molar-refractivity contribution in [2.75, 3.05) is 6.79 Å². The van der Waals surface area contributed by atoms with E-state index in [0.717, 1.165) is 6.07 Å². The lowest BCUT2D eigenvalue weighted by atomic mass is 9.94. The highest BCUT2D eigenvalue weighted by Gasteiger charge is 2.28.